The van der Waals surface area contributed by atoms with E-state index in [1.54, 1.807) is 0 Å². The molecule has 3 N–H and O–H groups in total. The molecule has 0 saturated carbocycles. The number of rotatable bonds is 3. The lowest BCUT2D eigenvalue weighted by atomic mass is 10.1. The summed E-state index contributed by atoms with van der Waals surface area (Å²) in [6, 6.07) is 7.13. The van der Waals surface area contributed by atoms with Gasteiger partial charge >= 0.3 is 0 Å². The Balaban J connectivity index is 2.11. The number of carbonyl (C=O) groups is 1. The summed E-state index contributed by atoms with van der Waals surface area (Å²) < 4.78 is 39.2. The smallest absolute Gasteiger partial charge is 0.228 e. The summed E-state index contributed by atoms with van der Waals surface area (Å²) in [5.74, 6) is -3.27. The molecule has 0 aromatic heterocycles. The molecule has 0 saturated heterocycles. The lowest BCUT2D eigenvalue weighted by molar-refractivity contribution is -0.115. The van der Waals surface area contributed by atoms with Gasteiger partial charge in [-0.25, -0.2) is 13.2 Å². The summed E-state index contributed by atoms with van der Waals surface area (Å²) in [6.45, 7) is 0. The van der Waals surface area contributed by atoms with E-state index in [0.29, 0.717) is 0 Å². The number of nitrogens with one attached hydrogen (secondary N) is 1. The minimum Gasteiger partial charge on any atom is -0.397 e. The van der Waals surface area contributed by atoms with Crippen LogP contribution in [0.5, 0.6) is 0 Å². The van der Waals surface area contributed by atoms with Crippen LogP contribution in [0.4, 0.5) is 24.5 Å². The quantitative estimate of drug-likeness (QED) is 0.849. The summed E-state index contributed by atoms with van der Waals surface area (Å²) in [5, 5.41) is 2.31. The zero-order chi connectivity index (χ0) is 14.7. The second-order valence-corrected chi connectivity index (χ2v) is 4.18. The average Bonchev–Trinajstić information content (AvgIpc) is 2.38. The van der Waals surface area contributed by atoms with Gasteiger partial charge in [-0.1, -0.05) is 12.1 Å². The molecule has 3 nitrogen and oxygen atoms in total. The second kappa shape index (κ2) is 5.64. The molecule has 104 valence electrons. The standard InChI is InChI=1S/C14H11F3N2O/c15-9-5-4-8(6-11(9)17)7-13(20)19-14-10(16)2-1-3-12(14)18/h1-6H,7,18H2,(H,19,20). The van der Waals surface area contributed by atoms with Crippen LogP contribution in [-0.4, -0.2) is 5.91 Å². The highest BCUT2D eigenvalue weighted by atomic mass is 19.2. The molecular formula is C14H11F3N2O. The predicted octanol–water partition coefficient (Wildman–Crippen LogP) is 2.87. The molecule has 20 heavy (non-hydrogen) atoms. The highest BCUT2D eigenvalue weighted by molar-refractivity contribution is 5.95. The second-order valence-electron chi connectivity index (χ2n) is 4.18. The fraction of sp³-hybridized carbons (Fsp3) is 0.0714. The van der Waals surface area contributed by atoms with Gasteiger partial charge in [-0.05, 0) is 29.8 Å². The highest BCUT2D eigenvalue weighted by Gasteiger charge is 2.11. The first kappa shape index (κ1) is 13.9. The fourth-order valence-corrected chi connectivity index (χ4v) is 1.69. The first-order valence-electron chi connectivity index (χ1n) is 5.75. The number of hydrogen-bond acceptors (Lipinski definition) is 2. The van der Waals surface area contributed by atoms with Crippen LogP contribution >= 0.6 is 0 Å². The van der Waals surface area contributed by atoms with Crippen molar-refractivity contribution in [2.24, 2.45) is 0 Å². The maximum atomic E-state index is 13.5. The Morgan fingerprint density at radius 3 is 2.45 bits per heavy atom. The Morgan fingerprint density at radius 1 is 1.05 bits per heavy atom. The van der Waals surface area contributed by atoms with Crippen molar-refractivity contribution in [2.45, 2.75) is 6.42 Å². The van der Waals surface area contributed by atoms with Crippen LogP contribution in [-0.2, 0) is 11.2 Å². The van der Waals surface area contributed by atoms with Crippen molar-refractivity contribution in [3.05, 3.63) is 59.4 Å². The first-order chi connectivity index (χ1) is 9.47. The van der Waals surface area contributed by atoms with Gasteiger partial charge in [0.2, 0.25) is 5.91 Å². The van der Waals surface area contributed by atoms with Gasteiger partial charge in [0.1, 0.15) is 11.5 Å². The molecule has 0 unspecified atom stereocenters. The third-order valence-corrected chi connectivity index (χ3v) is 2.66. The average molecular weight is 280 g/mol. The number of nitrogen functional groups attached to an aromatic ring is 1. The fourth-order valence-electron chi connectivity index (χ4n) is 1.69. The van der Waals surface area contributed by atoms with Gasteiger partial charge in [0, 0.05) is 0 Å². The highest BCUT2D eigenvalue weighted by Crippen LogP contribution is 2.22. The molecule has 0 aliphatic rings. The minimum absolute atomic E-state index is 0.0867. The summed E-state index contributed by atoms with van der Waals surface area (Å²) in [7, 11) is 0. The Hall–Kier alpha value is -2.50. The SMILES string of the molecule is Nc1cccc(F)c1NC(=O)Cc1ccc(F)c(F)c1. The molecule has 2 aromatic rings. The molecule has 0 spiro atoms. The van der Waals surface area contributed by atoms with Crippen LogP contribution in [0.25, 0.3) is 0 Å². The molecule has 0 atom stereocenters. The van der Waals surface area contributed by atoms with Crippen molar-refractivity contribution in [3.8, 4) is 0 Å². The van der Waals surface area contributed by atoms with Gasteiger partial charge in [0.05, 0.1) is 12.1 Å². The molecule has 0 heterocycles. The Labute approximate surface area is 113 Å². The van der Waals surface area contributed by atoms with E-state index in [1.165, 1.54) is 18.2 Å². The van der Waals surface area contributed by atoms with E-state index < -0.39 is 23.4 Å². The maximum absolute atomic E-state index is 13.5. The molecule has 0 bridgehead atoms. The van der Waals surface area contributed by atoms with Gasteiger partial charge < -0.3 is 11.1 Å². The number of benzene rings is 2. The van der Waals surface area contributed by atoms with E-state index in [-0.39, 0.29) is 23.4 Å². The number of para-hydroxylation sites is 1. The Morgan fingerprint density at radius 2 is 1.80 bits per heavy atom. The lowest BCUT2D eigenvalue weighted by Gasteiger charge is -2.09. The molecular weight excluding hydrogens is 269 g/mol. The van der Waals surface area contributed by atoms with Gasteiger partial charge in [-0.15, -0.1) is 0 Å². The normalized spacial score (nSPS) is 10.3. The van der Waals surface area contributed by atoms with Crippen LogP contribution in [0, 0.1) is 17.5 Å². The number of amides is 1. The van der Waals surface area contributed by atoms with Crippen LogP contribution in [0.2, 0.25) is 0 Å². The number of halogens is 3. The molecule has 1 amide bonds. The number of nitrogens with two attached hydrogens (primary N) is 1. The van der Waals surface area contributed by atoms with Crippen molar-refractivity contribution in [2.75, 3.05) is 11.1 Å². The maximum Gasteiger partial charge on any atom is 0.228 e. The van der Waals surface area contributed by atoms with Gasteiger partial charge in [0.15, 0.2) is 11.6 Å². The van der Waals surface area contributed by atoms with Crippen molar-refractivity contribution >= 4 is 17.3 Å². The Bertz CT molecular complexity index is 639. The zero-order valence-corrected chi connectivity index (χ0v) is 10.3. The third kappa shape index (κ3) is 3.09. The monoisotopic (exact) mass is 280 g/mol. The number of hydrogen-bond donors (Lipinski definition) is 2. The molecule has 0 radical (unpaired) electrons. The van der Waals surface area contributed by atoms with Gasteiger partial charge in [-0.3, -0.25) is 4.79 Å². The van der Waals surface area contributed by atoms with Crippen LogP contribution in [0.1, 0.15) is 5.56 Å². The summed E-state index contributed by atoms with van der Waals surface area (Å²) in [6.07, 6.45) is -0.217. The zero-order valence-electron chi connectivity index (χ0n) is 10.3. The van der Waals surface area contributed by atoms with E-state index in [9.17, 15) is 18.0 Å². The molecule has 6 heteroatoms. The van der Waals surface area contributed by atoms with Crippen molar-refractivity contribution in [1.82, 2.24) is 0 Å². The minimum atomic E-state index is -1.04. The topological polar surface area (TPSA) is 55.1 Å². The van der Waals surface area contributed by atoms with E-state index >= 15 is 0 Å². The molecule has 0 aliphatic carbocycles. The number of carbonyl (C=O) groups excluding carboxylic acids is 1. The van der Waals surface area contributed by atoms with Crippen LogP contribution in [0.3, 0.4) is 0 Å². The van der Waals surface area contributed by atoms with E-state index in [0.717, 1.165) is 18.2 Å². The van der Waals surface area contributed by atoms with E-state index in [1.807, 2.05) is 0 Å². The Kier molecular flexibility index (Phi) is 3.93. The van der Waals surface area contributed by atoms with Gasteiger partial charge in [0.25, 0.3) is 0 Å². The van der Waals surface area contributed by atoms with Crippen LogP contribution < -0.4 is 11.1 Å². The molecule has 2 rings (SSSR count). The van der Waals surface area contributed by atoms with Crippen molar-refractivity contribution in [1.29, 1.82) is 0 Å². The largest absolute Gasteiger partial charge is 0.397 e. The summed E-state index contributed by atoms with van der Waals surface area (Å²) >= 11 is 0. The predicted molar refractivity (Wildman–Crippen MR) is 69.5 cm³/mol. The first-order valence-corrected chi connectivity index (χ1v) is 5.75. The summed E-state index contributed by atoms with van der Waals surface area (Å²) in [4.78, 5) is 11.7. The summed E-state index contributed by atoms with van der Waals surface area (Å²) in [5.41, 5.74) is 5.78. The molecule has 0 fully saturated rings. The van der Waals surface area contributed by atoms with Crippen molar-refractivity contribution < 1.29 is 18.0 Å². The third-order valence-electron chi connectivity index (χ3n) is 2.66. The van der Waals surface area contributed by atoms with Crippen molar-refractivity contribution in [3.63, 3.8) is 0 Å². The van der Waals surface area contributed by atoms with E-state index in [4.69, 9.17) is 5.73 Å². The number of anilines is 2. The van der Waals surface area contributed by atoms with Crippen LogP contribution in [0.15, 0.2) is 36.4 Å². The van der Waals surface area contributed by atoms with Gasteiger partial charge in [-0.2, -0.15) is 0 Å². The molecule has 0 aliphatic heterocycles. The van der Waals surface area contributed by atoms with E-state index in [2.05, 4.69) is 5.32 Å². The molecule has 2 aromatic carbocycles. The lowest BCUT2D eigenvalue weighted by Crippen LogP contribution is -2.16.